The third-order valence-corrected chi connectivity index (χ3v) is 5.86. The molecule has 0 unspecified atom stereocenters. The summed E-state index contributed by atoms with van der Waals surface area (Å²) in [5.41, 5.74) is 3.37. The van der Waals surface area contributed by atoms with Crippen LogP contribution in [0.25, 0.3) is 0 Å². The van der Waals surface area contributed by atoms with Crippen LogP contribution in [0.2, 0.25) is 0 Å². The van der Waals surface area contributed by atoms with Crippen molar-refractivity contribution in [2.75, 3.05) is 26.2 Å². The van der Waals surface area contributed by atoms with Gasteiger partial charge in [-0.1, -0.05) is 6.92 Å². The average molecular weight is 370 g/mol. The van der Waals surface area contributed by atoms with Crippen molar-refractivity contribution in [2.24, 2.45) is 0 Å². The molecule has 0 N–H and O–H groups in total. The summed E-state index contributed by atoms with van der Waals surface area (Å²) in [4.78, 5) is 17.4. The molecule has 2 fully saturated rings. The standard InChI is InChI=1S/C21H30N4O2/c1-4-19-17(13-23-8-5-6-9-23)12-20(27-19)21(26)24-10-7-18(14-24)25-16(3)11-15(2)22-25/h11-12,18H,4-10,13-14H2,1-3H3/t18-/m1/s1. The summed E-state index contributed by atoms with van der Waals surface area (Å²) in [6.07, 6.45) is 4.31. The highest BCUT2D eigenvalue weighted by atomic mass is 16.4. The number of aromatic nitrogens is 2. The van der Waals surface area contributed by atoms with E-state index in [1.165, 1.54) is 18.4 Å². The first-order chi connectivity index (χ1) is 13.0. The Hall–Kier alpha value is -2.08. The van der Waals surface area contributed by atoms with Crippen LogP contribution in [0.3, 0.4) is 0 Å². The Bertz CT molecular complexity index is 816. The van der Waals surface area contributed by atoms with E-state index in [4.69, 9.17) is 4.42 Å². The maximum atomic E-state index is 13.0. The lowest BCUT2D eigenvalue weighted by Gasteiger charge is -2.16. The van der Waals surface area contributed by atoms with Crippen molar-refractivity contribution in [3.63, 3.8) is 0 Å². The topological polar surface area (TPSA) is 54.5 Å². The molecule has 2 aliphatic rings. The molecule has 1 amide bonds. The van der Waals surface area contributed by atoms with Crippen LogP contribution in [0.1, 0.15) is 65.5 Å². The van der Waals surface area contributed by atoms with Gasteiger partial charge in [-0.05, 0) is 58.3 Å². The summed E-state index contributed by atoms with van der Waals surface area (Å²) >= 11 is 0. The van der Waals surface area contributed by atoms with Crippen LogP contribution in [0.15, 0.2) is 16.5 Å². The van der Waals surface area contributed by atoms with Gasteiger partial charge in [0.2, 0.25) is 0 Å². The lowest BCUT2D eigenvalue weighted by Crippen LogP contribution is -2.29. The zero-order chi connectivity index (χ0) is 19.0. The molecule has 0 spiro atoms. The number of hydrogen-bond acceptors (Lipinski definition) is 4. The van der Waals surface area contributed by atoms with Gasteiger partial charge in [0.1, 0.15) is 5.76 Å². The molecule has 4 heterocycles. The van der Waals surface area contributed by atoms with Crippen molar-refractivity contribution in [1.29, 1.82) is 0 Å². The molecule has 2 aliphatic heterocycles. The highest BCUT2D eigenvalue weighted by Gasteiger charge is 2.31. The maximum Gasteiger partial charge on any atom is 0.289 e. The molecule has 4 rings (SSSR count). The second kappa shape index (κ2) is 7.50. The van der Waals surface area contributed by atoms with E-state index in [0.29, 0.717) is 12.3 Å². The fourth-order valence-electron chi connectivity index (χ4n) is 4.48. The fourth-order valence-corrected chi connectivity index (χ4v) is 4.48. The second-order valence-corrected chi connectivity index (χ2v) is 7.96. The van der Waals surface area contributed by atoms with E-state index in [9.17, 15) is 4.79 Å². The van der Waals surface area contributed by atoms with Gasteiger partial charge >= 0.3 is 0 Å². The largest absolute Gasteiger partial charge is 0.456 e. The van der Waals surface area contributed by atoms with Gasteiger partial charge in [0.25, 0.3) is 5.91 Å². The van der Waals surface area contributed by atoms with Gasteiger partial charge in [-0.3, -0.25) is 14.4 Å². The Labute approximate surface area is 161 Å². The molecule has 1 atom stereocenters. The van der Waals surface area contributed by atoms with Gasteiger partial charge in [-0.2, -0.15) is 5.10 Å². The first-order valence-electron chi connectivity index (χ1n) is 10.2. The van der Waals surface area contributed by atoms with E-state index >= 15 is 0 Å². The molecule has 27 heavy (non-hydrogen) atoms. The smallest absolute Gasteiger partial charge is 0.289 e. The van der Waals surface area contributed by atoms with Crippen LogP contribution in [-0.2, 0) is 13.0 Å². The Kier molecular flexibility index (Phi) is 5.08. The number of likely N-dealkylation sites (tertiary alicyclic amines) is 2. The fraction of sp³-hybridized carbons (Fsp3) is 0.619. The predicted molar refractivity (Wildman–Crippen MR) is 104 cm³/mol. The van der Waals surface area contributed by atoms with Crippen LogP contribution >= 0.6 is 0 Å². The van der Waals surface area contributed by atoms with Crippen LogP contribution in [0.5, 0.6) is 0 Å². The number of carbonyl (C=O) groups excluding carboxylic acids is 1. The number of rotatable bonds is 5. The molecule has 0 aliphatic carbocycles. The van der Waals surface area contributed by atoms with Gasteiger partial charge in [-0.25, -0.2) is 0 Å². The highest BCUT2D eigenvalue weighted by molar-refractivity contribution is 5.92. The molecular weight excluding hydrogens is 340 g/mol. The molecule has 2 saturated heterocycles. The van der Waals surface area contributed by atoms with Crippen molar-refractivity contribution in [3.8, 4) is 0 Å². The van der Waals surface area contributed by atoms with Gasteiger partial charge < -0.3 is 9.32 Å². The van der Waals surface area contributed by atoms with E-state index in [0.717, 1.165) is 56.2 Å². The summed E-state index contributed by atoms with van der Waals surface area (Å²) in [7, 11) is 0. The molecule has 0 bridgehead atoms. The number of hydrogen-bond donors (Lipinski definition) is 0. The number of nitrogens with zero attached hydrogens (tertiary/aromatic N) is 4. The summed E-state index contributed by atoms with van der Waals surface area (Å²) in [6.45, 7) is 10.8. The third kappa shape index (κ3) is 3.68. The zero-order valence-corrected chi connectivity index (χ0v) is 16.7. The van der Waals surface area contributed by atoms with Crippen LogP contribution in [0, 0.1) is 13.8 Å². The molecule has 6 heteroatoms. The van der Waals surface area contributed by atoms with Crippen molar-refractivity contribution in [2.45, 2.75) is 59.0 Å². The molecule has 0 aromatic carbocycles. The van der Waals surface area contributed by atoms with Gasteiger partial charge in [0.05, 0.1) is 11.7 Å². The van der Waals surface area contributed by atoms with E-state index in [1.54, 1.807) is 0 Å². The summed E-state index contributed by atoms with van der Waals surface area (Å²) in [5.74, 6) is 1.47. The minimum absolute atomic E-state index is 0.0152. The molecular formula is C21H30N4O2. The van der Waals surface area contributed by atoms with E-state index in [1.807, 2.05) is 17.9 Å². The average Bonchev–Trinajstić information content (AvgIpc) is 3.41. The molecule has 0 radical (unpaired) electrons. The predicted octanol–water partition coefficient (Wildman–Crippen LogP) is 3.34. The van der Waals surface area contributed by atoms with E-state index < -0.39 is 0 Å². The van der Waals surface area contributed by atoms with Crippen molar-refractivity contribution < 1.29 is 9.21 Å². The molecule has 2 aromatic heterocycles. The normalized spacial score (nSPS) is 20.7. The Morgan fingerprint density at radius 3 is 2.67 bits per heavy atom. The van der Waals surface area contributed by atoms with Gasteiger partial charge in [-0.15, -0.1) is 0 Å². The summed E-state index contributed by atoms with van der Waals surface area (Å²) in [5, 5.41) is 4.60. The summed E-state index contributed by atoms with van der Waals surface area (Å²) in [6, 6.07) is 4.33. The van der Waals surface area contributed by atoms with Crippen molar-refractivity contribution in [3.05, 3.63) is 40.6 Å². The van der Waals surface area contributed by atoms with Crippen LogP contribution < -0.4 is 0 Å². The molecule has 146 valence electrons. The summed E-state index contributed by atoms with van der Waals surface area (Å²) < 4.78 is 8.05. The van der Waals surface area contributed by atoms with Crippen molar-refractivity contribution in [1.82, 2.24) is 19.6 Å². The second-order valence-electron chi connectivity index (χ2n) is 7.96. The molecule has 6 nitrogen and oxygen atoms in total. The van der Waals surface area contributed by atoms with Crippen LogP contribution in [-0.4, -0.2) is 51.7 Å². The van der Waals surface area contributed by atoms with Crippen molar-refractivity contribution >= 4 is 5.91 Å². The SMILES string of the molecule is CCc1oc(C(=O)N2CC[C@@H](n3nc(C)cc3C)C2)cc1CN1CCCC1. The quantitative estimate of drug-likeness (QED) is 0.810. The third-order valence-electron chi connectivity index (χ3n) is 5.86. The molecule has 2 aromatic rings. The lowest BCUT2D eigenvalue weighted by atomic mass is 10.2. The number of amides is 1. The first kappa shape index (κ1) is 18.3. The minimum Gasteiger partial charge on any atom is -0.456 e. The highest BCUT2D eigenvalue weighted by Crippen LogP contribution is 2.27. The Morgan fingerprint density at radius 2 is 2.00 bits per heavy atom. The van der Waals surface area contributed by atoms with E-state index in [-0.39, 0.29) is 11.9 Å². The Morgan fingerprint density at radius 1 is 1.22 bits per heavy atom. The number of aryl methyl sites for hydroxylation is 3. The zero-order valence-electron chi connectivity index (χ0n) is 16.7. The minimum atomic E-state index is 0.0152. The maximum absolute atomic E-state index is 13.0. The van der Waals surface area contributed by atoms with Gasteiger partial charge in [0.15, 0.2) is 5.76 Å². The van der Waals surface area contributed by atoms with Gasteiger partial charge in [0, 0.05) is 37.3 Å². The molecule has 0 saturated carbocycles. The van der Waals surface area contributed by atoms with E-state index in [2.05, 4.69) is 34.6 Å². The first-order valence-corrected chi connectivity index (χ1v) is 10.2. The van der Waals surface area contributed by atoms with Crippen LogP contribution in [0.4, 0.5) is 0 Å². The monoisotopic (exact) mass is 370 g/mol. The lowest BCUT2D eigenvalue weighted by molar-refractivity contribution is 0.0753. The Balaban J connectivity index is 1.46. The number of furan rings is 1. The number of carbonyl (C=O) groups is 1.